The Bertz CT molecular complexity index is 1190. The average molecular weight is 403 g/mol. The van der Waals surface area contributed by atoms with Crippen LogP contribution in [0.15, 0.2) is 77.9 Å². The van der Waals surface area contributed by atoms with E-state index in [9.17, 15) is 4.79 Å². The number of hydrogen-bond donors (Lipinski definition) is 1. The van der Waals surface area contributed by atoms with Crippen LogP contribution in [0.25, 0.3) is 16.5 Å². The summed E-state index contributed by atoms with van der Waals surface area (Å²) >= 11 is 6.47. The number of nitrogens with one attached hydrogen (secondary N) is 1. The molecule has 1 heterocycles. The molecule has 6 heteroatoms. The van der Waals surface area contributed by atoms with Gasteiger partial charge in [0.2, 0.25) is 5.91 Å². The number of amides is 1. The van der Waals surface area contributed by atoms with Crippen molar-refractivity contribution in [3.8, 4) is 5.69 Å². The summed E-state index contributed by atoms with van der Waals surface area (Å²) in [5.41, 5.74) is 5.80. The van der Waals surface area contributed by atoms with Gasteiger partial charge in [0.1, 0.15) is 5.15 Å². The van der Waals surface area contributed by atoms with Crippen molar-refractivity contribution in [3.63, 3.8) is 0 Å². The summed E-state index contributed by atoms with van der Waals surface area (Å²) in [4.78, 5) is 12.4. The Morgan fingerprint density at radius 2 is 1.79 bits per heavy atom. The van der Waals surface area contributed by atoms with E-state index < -0.39 is 0 Å². The molecule has 1 N–H and O–H groups in total. The molecule has 0 bridgehead atoms. The first-order valence-electron chi connectivity index (χ1n) is 9.22. The van der Waals surface area contributed by atoms with Gasteiger partial charge in [-0.2, -0.15) is 10.2 Å². The zero-order valence-electron chi connectivity index (χ0n) is 15.8. The summed E-state index contributed by atoms with van der Waals surface area (Å²) in [7, 11) is 0. The van der Waals surface area contributed by atoms with Crippen molar-refractivity contribution in [2.75, 3.05) is 0 Å². The molecule has 1 amide bonds. The van der Waals surface area contributed by atoms with Crippen LogP contribution in [-0.2, 0) is 11.2 Å². The number of carbonyl (C=O) groups is 1. The Labute approximate surface area is 173 Å². The number of aryl methyl sites for hydroxylation is 1. The first kappa shape index (κ1) is 18.9. The van der Waals surface area contributed by atoms with E-state index in [-0.39, 0.29) is 12.3 Å². The summed E-state index contributed by atoms with van der Waals surface area (Å²) in [6.45, 7) is 1.85. The highest BCUT2D eigenvalue weighted by molar-refractivity contribution is 6.32. The van der Waals surface area contributed by atoms with E-state index in [0.29, 0.717) is 10.7 Å². The van der Waals surface area contributed by atoms with Gasteiger partial charge in [0, 0.05) is 0 Å². The fraction of sp³-hybridized carbons (Fsp3) is 0.0870. The van der Waals surface area contributed by atoms with Crippen LogP contribution in [0.4, 0.5) is 0 Å². The van der Waals surface area contributed by atoms with Crippen molar-refractivity contribution < 1.29 is 4.79 Å². The third kappa shape index (κ3) is 4.05. The largest absolute Gasteiger partial charge is 0.273 e. The molecule has 1 aromatic heterocycles. The van der Waals surface area contributed by atoms with E-state index in [1.807, 2.05) is 79.7 Å². The van der Waals surface area contributed by atoms with E-state index in [4.69, 9.17) is 11.6 Å². The standard InChI is InChI=1S/C23H19ClN4O/c1-16-21(23(24)28(27-16)19-11-3-2-4-12-19)15-25-26-22(29)14-18-10-7-9-17-8-5-6-13-20(17)18/h2-13,15H,14H2,1H3,(H,26,29). The van der Waals surface area contributed by atoms with E-state index >= 15 is 0 Å². The van der Waals surface area contributed by atoms with Gasteiger partial charge in [-0.05, 0) is 35.4 Å². The van der Waals surface area contributed by atoms with Crippen LogP contribution >= 0.6 is 11.6 Å². The number of hydrazone groups is 1. The Morgan fingerprint density at radius 1 is 1.07 bits per heavy atom. The van der Waals surface area contributed by atoms with Crippen molar-refractivity contribution in [1.29, 1.82) is 0 Å². The maximum Gasteiger partial charge on any atom is 0.244 e. The van der Waals surface area contributed by atoms with Crippen LogP contribution in [0.1, 0.15) is 16.8 Å². The van der Waals surface area contributed by atoms with E-state index in [1.165, 1.54) is 6.21 Å². The molecule has 0 aliphatic rings. The maximum absolute atomic E-state index is 12.4. The normalized spacial score (nSPS) is 11.2. The number of aromatic nitrogens is 2. The summed E-state index contributed by atoms with van der Waals surface area (Å²) in [5.74, 6) is -0.193. The van der Waals surface area contributed by atoms with Crippen molar-refractivity contribution in [1.82, 2.24) is 15.2 Å². The van der Waals surface area contributed by atoms with Gasteiger partial charge in [-0.3, -0.25) is 4.79 Å². The molecular formula is C23H19ClN4O. The fourth-order valence-corrected chi connectivity index (χ4v) is 3.55. The predicted molar refractivity (Wildman–Crippen MR) is 117 cm³/mol. The number of nitrogens with zero attached hydrogens (tertiary/aromatic N) is 3. The van der Waals surface area contributed by atoms with Crippen LogP contribution in [0, 0.1) is 6.92 Å². The number of rotatable bonds is 5. The van der Waals surface area contributed by atoms with E-state index in [0.717, 1.165) is 27.7 Å². The van der Waals surface area contributed by atoms with Crippen LogP contribution in [-0.4, -0.2) is 21.9 Å². The van der Waals surface area contributed by atoms with Crippen molar-refractivity contribution in [2.45, 2.75) is 13.3 Å². The first-order chi connectivity index (χ1) is 14.1. The quantitative estimate of drug-likeness (QED) is 0.389. The third-order valence-electron chi connectivity index (χ3n) is 4.66. The Balaban J connectivity index is 1.48. The zero-order valence-corrected chi connectivity index (χ0v) is 16.6. The van der Waals surface area contributed by atoms with Gasteiger partial charge in [0.15, 0.2) is 0 Å². The highest BCUT2D eigenvalue weighted by Crippen LogP contribution is 2.22. The minimum Gasteiger partial charge on any atom is -0.273 e. The van der Waals surface area contributed by atoms with E-state index in [1.54, 1.807) is 4.68 Å². The van der Waals surface area contributed by atoms with Crippen LogP contribution in [0.5, 0.6) is 0 Å². The van der Waals surface area contributed by atoms with Gasteiger partial charge >= 0.3 is 0 Å². The number of hydrogen-bond acceptors (Lipinski definition) is 3. The predicted octanol–water partition coefficient (Wildman–Crippen LogP) is 4.68. The molecule has 0 unspecified atom stereocenters. The molecule has 4 rings (SSSR count). The summed E-state index contributed by atoms with van der Waals surface area (Å²) in [5, 5.41) is 11.2. The third-order valence-corrected chi connectivity index (χ3v) is 5.03. The van der Waals surface area contributed by atoms with Crippen LogP contribution in [0.3, 0.4) is 0 Å². The molecule has 0 fully saturated rings. The second-order valence-corrected chi connectivity index (χ2v) is 7.00. The molecule has 0 radical (unpaired) electrons. The topological polar surface area (TPSA) is 59.3 Å². The highest BCUT2D eigenvalue weighted by atomic mass is 35.5. The lowest BCUT2D eigenvalue weighted by atomic mass is 10.0. The molecule has 0 aliphatic heterocycles. The molecule has 0 saturated heterocycles. The lowest BCUT2D eigenvalue weighted by molar-refractivity contribution is -0.120. The summed E-state index contributed by atoms with van der Waals surface area (Å²) in [6, 6.07) is 23.6. The van der Waals surface area contributed by atoms with Crippen LogP contribution < -0.4 is 5.43 Å². The maximum atomic E-state index is 12.4. The molecule has 29 heavy (non-hydrogen) atoms. The monoisotopic (exact) mass is 402 g/mol. The Kier molecular flexibility index (Phi) is 5.40. The molecule has 0 aliphatic carbocycles. The molecule has 0 saturated carbocycles. The second kappa shape index (κ2) is 8.29. The number of fused-ring (bicyclic) bond motifs is 1. The average Bonchev–Trinajstić information content (AvgIpc) is 3.03. The zero-order chi connectivity index (χ0) is 20.2. The molecular weight excluding hydrogens is 384 g/mol. The van der Waals surface area contributed by atoms with Crippen molar-refractivity contribution >= 4 is 34.5 Å². The Hall–Kier alpha value is -3.44. The van der Waals surface area contributed by atoms with Gasteiger partial charge in [-0.15, -0.1) is 0 Å². The Morgan fingerprint density at radius 3 is 2.62 bits per heavy atom. The van der Waals surface area contributed by atoms with Gasteiger partial charge in [-0.25, -0.2) is 10.1 Å². The van der Waals surface area contributed by atoms with Gasteiger partial charge in [0.25, 0.3) is 0 Å². The number of para-hydroxylation sites is 1. The van der Waals surface area contributed by atoms with Gasteiger partial charge in [0.05, 0.1) is 29.6 Å². The molecule has 0 atom stereocenters. The lowest BCUT2D eigenvalue weighted by Gasteiger charge is -2.05. The summed E-state index contributed by atoms with van der Waals surface area (Å²) in [6.07, 6.45) is 1.78. The van der Waals surface area contributed by atoms with Crippen molar-refractivity contribution in [3.05, 3.63) is 94.8 Å². The number of carbonyl (C=O) groups excluding carboxylic acids is 1. The van der Waals surface area contributed by atoms with E-state index in [2.05, 4.69) is 15.6 Å². The smallest absolute Gasteiger partial charge is 0.244 e. The highest BCUT2D eigenvalue weighted by Gasteiger charge is 2.13. The first-order valence-corrected chi connectivity index (χ1v) is 9.60. The van der Waals surface area contributed by atoms with Crippen molar-refractivity contribution in [2.24, 2.45) is 5.10 Å². The summed E-state index contributed by atoms with van der Waals surface area (Å²) < 4.78 is 1.65. The molecule has 3 aromatic carbocycles. The van der Waals surface area contributed by atoms with Crippen LogP contribution in [0.2, 0.25) is 5.15 Å². The second-order valence-electron chi connectivity index (χ2n) is 6.65. The minimum absolute atomic E-state index is 0.193. The lowest BCUT2D eigenvalue weighted by Crippen LogP contribution is -2.20. The number of halogens is 1. The van der Waals surface area contributed by atoms with Gasteiger partial charge in [-0.1, -0.05) is 72.3 Å². The van der Waals surface area contributed by atoms with Gasteiger partial charge < -0.3 is 0 Å². The molecule has 4 aromatic rings. The molecule has 5 nitrogen and oxygen atoms in total. The minimum atomic E-state index is -0.193. The number of benzene rings is 3. The fourth-order valence-electron chi connectivity index (χ4n) is 3.23. The molecule has 0 spiro atoms. The molecule has 144 valence electrons. The SMILES string of the molecule is Cc1nn(-c2ccccc2)c(Cl)c1C=NNC(=O)Cc1cccc2ccccc12.